The minimum absolute atomic E-state index is 0.207. The lowest BCUT2D eigenvalue weighted by Gasteiger charge is -2.16. The molecule has 0 radical (unpaired) electrons. The Labute approximate surface area is 174 Å². The number of carbonyl (C=O) groups excluding carboxylic acids is 2. The molecule has 1 amide bonds. The Morgan fingerprint density at radius 2 is 1.76 bits per heavy atom. The Bertz CT molecular complexity index is 1040. The zero-order valence-electron chi connectivity index (χ0n) is 16.4. The van der Waals surface area contributed by atoms with Gasteiger partial charge in [-0.2, -0.15) is 0 Å². The number of hydrogen-bond acceptors (Lipinski definition) is 4. The fourth-order valence-electron chi connectivity index (χ4n) is 3.65. The summed E-state index contributed by atoms with van der Waals surface area (Å²) >= 11 is 1.33. The van der Waals surface area contributed by atoms with Crippen molar-refractivity contribution in [2.45, 2.75) is 32.6 Å². The molecule has 0 saturated heterocycles. The number of aryl methyl sites for hydroxylation is 2. The van der Waals surface area contributed by atoms with E-state index in [-0.39, 0.29) is 12.5 Å². The van der Waals surface area contributed by atoms with Crippen LogP contribution in [0.3, 0.4) is 0 Å². The number of benzene rings is 2. The summed E-state index contributed by atoms with van der Waals surface area (Å²) < 4.78 is 5.20. The lowest BCUT2D eigenvalue weighted by molar-refractivity contribution is 0.0533. The average Bonchev–Trinajstić information content (AvgIpc) is 3.18. The molecule has 4 nitrogen and oxygen atoms in total. The zero-order chi connectivity index (χ0) is 20.2. The van der Waals surface area contributed by atoms with Crippen molar-refractivity contribution in [2.75, 3.05) is 11.9 Å². The van der Waals surface area contributed by atoms with E-state index in [1.165, 1.54) is 28.9 Å². The molecule has 0 fully saturated rings. The molecular formula is C24H23NO3S. The monoisotopic (exact) mass is 405 g/mol. The molecule has 4 rings (SSSR count). The molecule has 148 valence electrons. The fourth-order valence-corrected chi connectivity index (χ4v) is 4.66. The number of hydrogen-bond donors (Lipinski definition) is 1. The van der Waals surface area contributed by atoms with Crippen LogP contribution in [-0.4, -0.2) is 18.5 Å². The van der Waals surface area contributed by atoms with Crippen LogP contribution >= 0.6 is 11.3 Å². The van der Waals surface area contributed by atoms with Gasteiger partial charge in [-0.15, -0.1) is 11.3 Å². The van der Waals surface area contributed by atoms with Gasteiger partial charge in [-0.25, -0.2) is 4.79 Å². The van der Waals surface area contributed by atoms with Crippen LogP contribution in [-0.2, 0) is 17.6 Å². The summed E-state index contributed by atoms with van der Waals surface area (Å²) in [4.78, 5) is 26.7. The van der Waals surface area contributed by atoms with Crippen LogP contribution in [0.25, 0.3) is 10.4 Å². The summed E-state index contributed by atoms with van der Waals surface area (Å²) in [6.45, 7) is 2.06. The normalized spacial score (nSPS) is 12.9. The highest BCUT2D eigenvalue weighted by Crippen LogP contribution is 2.35. The van der Waals surface area contributed by atoms with E-state index in [4.69, 9.17) is 4.74 Å². The predicted octanol–water partition coefficient (Wildman–Crippen LogP) is 5.72. The second-order valence-electron chi connectivity index (χ2n) is 7.08. The molecule has 2 aromatic carbocycles. The molecule has 3 aromatic rings. The number of thiophene rings is 1. The predicted molar refractivity (Wildman–Crippen MR) is 117 cm³/mol. The first-order chi connectivity index (χ1) is 14.2. The maximum atomic E-state index is 12.9. The highest BCUT2D eigenvalue weighted by molar-refractivity contribution is 7.18. The number of fused-ring (bicyclic) bond motifs is 1. The highest BCUT2D eigenvalue weighted by atomic mass is 32.1. The fraction of sp³-hybridized carbons (Fsp3) is 0.250. The van der Waals surface area contributed by atoms with Crippen molar-refractivity contribution < 1.29 is 14.3 Å². The third-order valence-corrected chi connectivity index (χ3v) is 6.27. The molecule has 0 atom stereocenters. The van der Waals surface area contributed by atoms with Gasteiger partial charge < -0.3 is 10.1 Å². The molecule has 5 heteroatoms. The molecule has 1 N–H and O–H groups in total. The van der Waals surface area contributed by atoms with Crippen molar-refractivity contribution in [1.29, 1.82) is 0 Å². The van der Waals surface area contributed by atoms with Crippen molar-refractivity contribution in [3.05, 3.63) is 76.2 Å². The number of carbonyl (C=O) groups is 2. The van der Waals surface area contributed by atoms with Gasteiger partial charge >= 0.3 is 5.97 Å². The second-order valence-corrected chi connectivity index (χ2v) is 8.14. The van der Waals surface area contributed by atoms with E-state index in [2.05, 4.69) is 11.4 Å². The van der Waals surface area contributed by atoms with Crippen molar-refractivity contribution in [3.8, 4) is 10.4 Å². The molecule has 1 aliphatic carbocycles. The first-order valence-electron chi connectivity index (χ1n) is 9.95. The quantitative estimate of drug-likeness (QED) is 0.552. The Morgan fingerprint density at radius 1 is 1.00 bits per heavy atom. The maximum Gasteiger partial charge on any atom is 0.350 e. The highest BCUT2D eigenvalue weighted by Gasteiger charge is 2.21. The SMILES string of the molecule is CCOC(=O)c1sc(-c2ccccc2)cc1NC(=O)c1ccc2c(c1)CCCC2. The molecule has 1 heterocycles. The second kappa shape index (κ2) is 8.62. The van der Waals surface area contributed by atoms with Gasteiger partial charge in [0.25, 0.3) is 5.91 Å². The standard InChI is InChI=1S/C24H23NO3S/c1-2-28-24(27)22-20(15-21(29-22)17-9-4-3-5-10-17)25-23(26)19-13-12-16-8-6-7-11-18(16)14-19/h3-5,9-10,12-15H,2,6-8,11H2,1H3,(H,25,26). The van der Waals surface area contributed by atoms with Crippen LogP contribution < -0.4 is 5.32 Å². The lowest BCUT2D eigenvalue weighted by Crippen LogP contribution is -2.15. The molecular weight excluding hydrogens is 382 g/mol. The number of amides is 1. The summed E-state index contributed by atoms with van der Waals surface area (Å²) in [6, 6.07) is 17.6. The smallest absolute Gasteiger partial charge is 0.350 e. The summed E-state index contributed by atoms with van der Waals surface area (Å²) in [7, 11) is 0. The van der Waals surface area contributed by atoms with E-state index in [0.717, 1.165) is 29.7 Å². The van der Waals surface area contributed by atoms with E-state index < -0.39 is 5.97 Å². The van der Waals surface area contributed by atoms with Crippen LogP contribution in [0.4, 0.5) is 5.69 Å². The van der Waals surface area contributed by atoms with Crippen molar-refractivity contribution in [3.63, 3.8) is 0 Å². The largest absolute Gasteiger partial charge is 0.462 e. The lowest BCUT2D eigenvalue weighted by atomic mass is 9.90. The van der Waals surface area contributed by atoms with Crippen molar-refractivity contribution in [2.24, 2.45) is 0 Å². The van der Waals surface area contributed by atoms with E-state index in [0.29, 0.717) is 16.1 Å². The topological polar surface area (TPSA) is 55.4 Å². The molecule has 1 aliphatic rings. The van der Waals surface area contributed by atoms with Gasteiger partial charge in [0.05, 0.1) is 12.3 Å². The van der Waals surface area contributed by atoms with E-state index in [1.807, 2.05) is 48.5 Å². The van der Waals surface area contributed by atoms with Gasteiger partial charge in [0.1, 0.15) is 4.88 Å². The van der Waals surface area contributed by atoms with Crippen LogP contribution in [0.2, 0.25) is 0 Å². The van der Waals surface area contributed by atoms with E-state index in [1.54, 1.807) is 6.92 Å². The van der Waals surface area contributed by atoms with Gasteiger partial charge in [-0.3, -0.25) is 4.79 Å². The summed E-state index contributed by atoms with van der Waals surface area (Å²) in [5.74, 6) is -0.623. The number of rotatable bonds is 5. The molecule has 1 aromatic heterocycles. The van der Waals surface area contributed by atoms with Crippen LogP contribution in [0.5, 0.6) is 0 Å². The Kier molecular flexibility index (Phi) is 5.76. The van der Waals surface area contributed by atoms with Crippen LogP contribution in [0, 0.1) is 0 Å². The molecule has 0 unspecified atom stereocenters. The van der Waals surface area contributed by atoms with Gasteiger partial charge in [0.2, 0.25) is 0 Å². The number of nitrogens with one attached hydrogen (secondary N) is 1. The minimum atomic E-state index is -0.416. The number of ether oxygens (including phenoxy) is 1. The first kappa shape index (κ1) is 19.4. The van der Waals surface area contributed by atoms with Crippen molar-refractivity contribution in [1.82, 2.24) is 0 Å². The van der Waals surface area contributed by atoms with Gasteiger partial charge in [0, 0.05) is 10.4 Å². The zero-order valence-corrected chi connectivity index (χ0v) is 17.2. The molecule has 0 bridgehead atoms. The van der Waals surface area contributed by atoms with Gasteiger partial charge in [-0.05, 0) is 67.5 Å². The molecule has 0 spiro atoms. The molecule has 0 aliphatic heterocycles. The molecule has 29 heavy (non-hydrogen) atoms. The average molecular weight is 406 g/mol. The Balaban J connectivity index is 1.63. The molecule has 0 saturated carbocycles. The summed E-state index contributed by atoms with van der Waals surface area (Å²) in [5.41, 5.74) is 4.70. The van der Waals surface area contributed by atoms with Gasteiger partial charge in [0.15, 0.2) is 0 Å². The third kappa shape index (κ3) is 4.25. The van der Waals surface area contributed by atoms with Crippen LogP contribution in [0.1, 0.15) is 50.9 Å². The van der Waals surface area contributed by atoms with Crippen molar-refractivity contribution >= 4 is 28.9 Å². The summed E-state index contributed by atoms with van der Waals surface area (Å²) in [6.07, 6.45) is 4.46. The Hall–Kier alpha value is -2.92. The Morgan fingerprint density at radius 3 is 2.52 bits per heavy atom. The minimum Gasteiger partial charge on any atom is -0.462 e. The number of anilines is 1. The van der Waals surface area contributed by atoms with E-state index in [9.17, 15) is 9.59 Å². The number of esters is 1. The maximum absolute atomic E-state index is 12.9. The first-order valence-corrected chi connectivity index (χ1v) is 10.8. The van der Waals surface area contributed by atoms with E-state index >= 15 is 0 Å². The van der Waals surface area contributed by atoms with Crippen LogP contribution in [0.15, 0.2) is 54.6 Å². The summed E-state index contributed by atoms with van der Waals surface area (Å²) in [5, 5.41) is 2.93. The van der Waals surface area contributed by atoms with Gasteiger partial charge in [-0.1, -0.05) is 36.4 Å². The third-order valence-electron chi connectivity index (χ3n) is 5.11.